The number of pyridine rings is 1. The zero-order chi connectivity index (χ0) is 22.7. The van der Waals surface area contributed by atoms with E-state index in [9.17, 15) is 13.9 Å². The van der Waals surface area contributed by atoms with E-state index < -0.39 is 12.8 Å². The molecule has 5 N–H and O–H groups in total. The summed E-state index contributed by atoms with van der Waals surface area (Å²) in [5.41, 5.74) is 9.11. The number of benzene rings is 1. The van der Waals surface area contributed by atoms with Crippen LogP contribution in [0, 0.1) is 6.92 Å². The SMILES string of the molecule is Cc1ccc2c(N)c(C(O)NCCc3ccc(N4CCNCC4)c(OC(F)F)c3)sc2n1. The molecule has 7 nitrogen and oxygen atoms in total. The van der Waals surface area contributed by atoms with Crippen molar-refractivity contribution in [3.63, 3.8) is 0 Å². The molecule has 4 rings (SSSR count). The number of aliphatic hydroxyl groups is 1. The van der Waals surface area contributed by atoms with Gasteiger partial charge in [0, 0.05) is 43.8 Å². The molecule has 1 atom stereocenters. The molecule has 0 saturated carbocycles. The first-order chi connectivity index (χ1) is 15.4. The Morgan fingerprint density at radius 3 is 2.81 bits per heavy atom. The second kappa shape index (κ2) is 9.95. The van der Waals surface area contributed by atoms with Crippen molar-refractivity contribution in [3.05, 3.63) is 46.5 Å². The van der Waals surface area contributed by atoms with Crippen LogP contribution in [-0.2, 0) is 6.42 Å². The van der Waals surface area contributed by atoms with E-state index in [4.69, 9.17) is 10.5 Å². The number of hydrogen-bond acceptors (Lipinski definition) is 8. The van der Waals surface area contributed by atoms with Gasteiger partial charge in [0.25, 0.3) is 0 Å². The molecule has 172 valence electrons. The Hall–Kier alpha value is -2.53. The van der Waals surface area contributed by atoms with Gasteiger partial charge in [-0.05, 0) is 43.2 Å². The summed E-state index contributed by atoms with van der Waals surface area (Å²) in [4.78, 5) is 7.91. The van der Waals surface area contributed by atoms with Gasteiger partial charge in [0.15, 0.2) is 0 Å². The number of halogens is 2. The molecule has 2 aromatic heterocycles. The van der Waals surface area contributed by atoms with Gasteiger partial charge in [0.1, 0.15) is 16.8 Å². The predicted molar refractivity (Wildman–Crippen MR) is 124 cm³/mol. The fraction of sp³-hybridized carbons (Fsp3) is 0.409. The van der Waals surface area contributed by atoms with Crippen molar-refractivity contribution in [2.75, 3.05) is 43.4 Å². The number of anilines is 2. The number of hydrogen-bond donors (Lipinski definition) is 4. The van der Waals surface area contributed by atoms with Crippen LogP contribution in [0.4, 0.5) is 20.2 Å². The Balaban J connectivity index is 1.42. The number of alkyl halides is 2. The minimum Gasteiger partial charge on any atom is -0.433 e. The lowest BCUT2D eigenvalue weighted by Gasteiger charge is -2.31. The molecular weight excluding hydrogens is 436 g/mol. The highest BCUT2D eigenvalue weighted by molar-refractivity contribution is 7.19. The third-order valence-corrected chi connectivity index (χ3v) is 6.63. The molecule has 1 saturated heterocycles. The van der Waals surface area contributed by atoms with Crippen LogP contribution in [-0.4, -0.2) is 49.4 Å². The lowest BCUT2D eigenvalue weighted by atomic mass is 10.1. The summed E-state index contributed by atoms with van der Waals surface area (Å²) in [6, 6.07) is 9.18. The molecular formula is C22H27F2N5O2S. The molecule has 1 fully saturated rings. The summed E-state index contributed by atoms with van der Waals surface area (Å²) in [7, 11) is 0. The van der Waals surface area contributed by atoms with E-state index in [1.54, 1.807) is 6.07 Å². The maximum Gasteiger partial charge on any atom is 0.387 e. The van der Waals surface area contributed by atoms with Crippen LogP contribution in [0.5, 0.6) is 5.75 Å². The number of nitrogens with zero attached hydrogens (tertiary/aromatic N) is 2. The van der Waals surface area contributed by atoms with Crippen molar-refractivity contribution in [2.24, 2.45) is 0 Å². The van der Waals surface area contributed by atoms with Gasteiger partial charge in [-0.2, -0.15) is 8.78 Å². The van der Waals surface area contributed by atoms with Gasteiger partial charge >= 0.3 is 6.61 Å². The average Bonchev–Trinajstić information content (AvgIpc) is 3.09. The van der Waals surface area contributed by atoms with Gasteiger partial charge < -0.3 is 25.8 Å². The molecule has 0 bridgehead atoms. The van der Waals surface area contributed by atoms with Crippen LogP contribution in [0.2, 0.25) is 0 Å². The van der Waals surface area contributed by atoms with Crippen molar-refractivity contribution in [1.82, 2.24) is 15.6 Å². The first-order valence-electron chi connectivity index (χ1n) is 10.5. The fourth-order valence-corrected chi connectivity index (χ4v) is 4.93. The predicted octanol–water partition coefficient (Wildman–Crippen LogP) is 3.02. The molecule has 3 aromatic rings. The molecule has 0 radical (unpaired) electrons. The van der Waals surface area contributed by atoms with Gasteiger partial charge in [-0.1, -0.05) is 6.07 Å². The van der Waals surface area contributed by atoms with E-state index in [1.807, 2.05) is 36.1 Å². The number of nitrogen functional groups attached to an aromatic ring is 1. The number of aliphatic hydroxyl groups excluding tert-OH is 1. The lowest BCUT2D eigenvalue weighted by Crippen LogP contribution is -2.43. The van der Waals surface area contributed by atoms with Crippen molar-refractivity contribution >= 4 is 32.9 Å². The van der Waals surface area contributed by atoms with E-state index in [1.165, 1.54) is 11.3 Å². The van der Waals surface area contributed by atoms with E-state index in [-0.39, 0.29) is 5.75 Å². The van der Waals surface area contributed by atoms with E-state index >= 15 is 0 Å². The van der Waals surface area contributed by atoms with Crippen LogP contribution in [0.15, 0.2) is 30.3 Å². The molecule has 0 spiro atoms. The molecule has 1 aromatic carbocycles. The Morgan fingerprint density at radius 2 is 2.06 bits per heavy atom. The first kappa shape index (κ1) is 22.7. The number of fused-ring (bicyclic) bond motifs is 1. The maximum atomic E-state index is 13.0. The highest BCUT2D eigenvalue weighted by atomic mass is 32.1. The van der Waals surface area contributed by atoms with Gasteiger partial charge in [-0.3, -0.25) is 5.32 Å². The van der Waals surface area contributed by atoms with Crippen LogP contribution in [0.25, 0.3) is 10.2 Å². The molecule has 32 heavy (non-hydrogen) atoms. The molecule has 0 amide bonds. The summed E-state index contributed by atoms with van der Waals surface area (Å²) < 4.78 is 30.8. The largest absolute Gasteiger partial charge is 0.433 e. The number of aryl methyl sites for hydroxylation is 1. The van der Waals surface area contributed by atoms with Crippen molar-refractivity contribution in [1.29, 1.82) is 0 Å². The first-order valence-corrected chi connectivity index (χ1v) is 11.3. The minimum absolute atomic E-state index is 0.176. The van der Waals surface area contributed by atoms with E-state index in [0.717, 1.165) is 47.7 Å². The third-order valence-electron chi connectivity index (χ3n) is 5.46. The third kappa shape index (κ3) is 5.09. The summed E-state index contributed by atoms with van der Waals surface area (Å²) in [5, 5.41) is 17.7. The Morgan fingerprint density at radius 1 is 1.28 bits per heavy atom. The van der Waals surface area contributed by atoms with E-state index in [0.29, 0.717) is 29.2 Å². The monoisotopic (exact) mass is 463 g/mol. The molecule has 10 heteroatoms. The van der Waals surface area contributed by atoms with E-state index in [2.05, 4.69) is 15.6 Å². The molecule has 3 heterocycles. The number of ether oxygens (including phenoxy) is 1. The zero-order valence-electron chi connectivity index (χ0n) is 17.8. The van der Waals surface area contributed by atoms with Crippen molar-refractivity contribution < 1.29 is 18.6 Å². The van der Waals surface area contributed by atoms with Crippen molar-refractivity contribution in [2.45, 2.75) is 26.2 Å². The summed E-state index contributed by atoms with van der Waals surface area (Å²) in [6.45, 7) is 2.52. The molecule has 0 aliphatic carbocycles. The van der Waals surface area contributed by atoms with Crippen LogP contribution in [0.1, 0.15) is 22.4 Å². The van der Waals surface area contributed by atoms with Crippen molar-refractivity contribution in [3.8, 4) is 5.75 Å². The number of nitrogens with two attached hydrogens (primary N) is 1. The molecule has 1 aliphatic heterocycles. The number of aromatic nitrogens is 1. The highest BCUT2D eigenvalue weighted by Crippen LogP contribution is 2.36. The van der Waals surface area contributed by atoms with Gasteiger partial charge in [0.05, 0.1) is 16.3 Å². The topological polar surface area (TPSA) is 95.7 Å². The Labute approximate surface area is 189 Å². The summed E-state index contributed by atoms with van der Waals surface area (Å²) in [5.74, 6) is 0.176. The smallest absolute Gasteiger partial charge is 0.387 e. The normalized spacial score (nSPS) is 15.5. The molecule has 1 aliphatic rings. The summed E-state index contributed by atoms with van der Waals surface area (Å²) >= 11 is 1.36. The van der Waals surface area contributed by atoms with Gasteiger partial charge in [0.2, 0.25) is 0 Å². The zero-order valence-corrected chi connectivity index (χ0v) is 18.6. The number of piperazine rings is 1. The Bertz CT molecular complexity index is 1070. The van der Waals surface area contributed by atoms with Gasteiger partial charge in [-0.15, -0.1) is 11.3 Å². The molecule has 1 unspecified atom stereocenters. The van der Waals surface area contributed by atoms with Crippen LogP contribution in [0.3, 0.4) is 0 Å². The minimum atomic E-state index is -2.89. The quantitative estimate of drug-likeness (QED) is 0.382. The number of thiophene rings is 1. The average molecular weight is 464 g/mol. The fourth-order valence-electron chi connectivity index (χ4n) is 3.83. The second-order valence-electron chi connectivity index (χ2n) is 7.71. The lowest BCUT2D eigenvalue weighted by molar-refractivity contribution is -0.0495. The standard InChI is InChI=1S/C22H27F2N5O2S/c1-13-2-4-15-18(25)19(32-21(15)28-13)20(30)27-7-6-14-3-5-16(17(12-14)31-22(23)24)29-10-8-26-9-11-29/h2-5,12,20,22,26-27,30H,6-11,25H2,1H3. The second-order valence-corrected chi connectivity index (χ2v) is 8.74. The highest BCUT2D eigenvalue weighted by Gasteiger charge is 2.19. The summed E-state index contributed by atoms with van der Waals surface area (Å²) in [6.07, 6.45) is -0.410. The van der Waals surface area contributed by atoms with Crippen LogP contribution >= 0.6 is 11.3 Å². The number of nitrogens with one attached hydrogen (secondary N) is 2. The number of rotatable bonds is 8. The van der Waals surface area contributed by atoms with Gasteiger partial charge in [-0.25, -0.2) is 4.98 Å². The maximum absolute atomic E-state index is 13.0. The Kier molecular flexibility index (Phi) is 7.04. The van der Waals surface area contributed by atoms with Crippen LogP contribution < -0.4 is 26.0 Å².